The Morgan fingerprint density at radius 3 is 2.64 bits per heavy atom. The van der Waals surface area contributed by atoms with Crippen molar-refractivity contribution in [1.82, 2.24) is 24.8 Å². The molecule has 3 aromatic rings. The minimum Gasteiger partial charge on any atom is -0.483 e. The highest BCUT2D eigenvalue weighted by atomic mass is 35.5. The number of aromatic nitrogens is 3. The summed E-state index contributed by atoms with van der Waals surface area (Å²) in [6.07, 6.45) is 3.36. The monoisotopic (exact) mass is 471 g/mol. The summed E-state index contributed by atoms with van der Waals surface area (Å²) >= 11 is 6.16. The molecule has 4 rings (SSSR count). The third kappa shape index (κ3) is 5.89. The van der Waals surface area contributed by atoms with Crippen LogP contribution in [0, 0.1) is 5.82 Å². The first-order valence-corrected chi connectivity index (χ1v) is 11.3. The van der Waals surface area contributed by atoms with Crippen LogP contribution in [0.4, 0.5) is 4.39 Å². The molecular weight excluding hydrogens is 445 g/mol. The lowest BCUT2D eigenvalue weighted by Crippen LogP contribution is -2.58. The molecule has 0 radical (unpaired) electrons. The van der Waals surface area contributed by atoms with Gasteiger partial charge in [-0.15, -0.1) is 5.10 Å². The fourth-order valence-electron chi connectivity index (χ4n) is 4.12. The quantitative estimate of drug-likeness (QED) is 0.526. The molecule has 1 aliphatic heterocycles. The Morgan fingerprint density at radius 2 is 1.91 bits per heavy atom. The van der Waals surface area contributed by atoms with Gasteiger partial charge in [0.25, 0.3) is 5.91 Å². The zero-order chi connectivity index (χ0) is 23.4. The van der Waals surface area contributed by atoms with Crippen molar-refractivity contribution in [1.29, 1.82) is 0 Å². The summed E-state index contributed by atoms with van der Waals surface area (Å²) in [4.78, 5) is 17.2. The maximum absolute atomic E-state index is 13.2. The summed E-state index contributed by atoms with van der Waals surface area (Å²) in [6.45, 7) is 6.60. The summed E-state index contributed by atoms with van der Waals surface area (Å²) in [6, 6.07) is 12.1. The molecule has 2 aromatic carbocycles. The third-order valence-corrected chi connectivity index (χ3v) is 6.15. The topological polar surface area (TPSA) is 63.5 Å². The highest BCUT2D eigenvalue weighted by Gasteiger charge is 2.32. The molecule has 174 valence electrons. The molecule has 1 amide bonds. The average Bonchev–Trinajstić information content (AvgIpc) is 3.30. The van der Waals surface area contributed by atoms with Gasteiger partial charge in [-0.3, -0.25) is 9.69 Å². The van der Waals surface area contributed by atoms with Gasteiger partial charge in [-0.05, 0) is 49.7 Å². The summed E-state index contributed by atoms with van der Waals surface area (Å²) in [5.41, 5.74) is 1.88. The molecule has 1 aromatic heterocycles. The lowest BCUT2D eigenvalue weighted by Gasteiger charge is -2.44. The molecule has 2 atom stereocenters. The van der Waals surface area contributed by atoms with E-state index in [1.165, 1.54) is 12.1 Å². The number of ether oxygens (including phenoxy) is 1. The molecule has 0 N–H and O–H groups in total. The van der Waals surface area contributed by atoms with E-state index in [0.717, 1.165) is 24.2 Å². The van der Waals surface area contributed by atoms with E-state index in [4.69, 9.17) is 16.3 Å². The first-order chi connectivity index (χ1) is 15.9. The predicted molar refractivity (Wildman–Crippen MR) is 124 cm³/mol. The summed E-state index contributed by atoms with van der Waals surface area (Å²) in [7, 11) is 0. The van der Waals surface area contributed by atoms with Gasteiger partial charge >= 0.3 is 0 Å². The van der Waals surface area contributed by atoms with E-state index < -0.39 is 0 Å². The van der Waals surface area contributed by atoms with Gasteiger partial charge in [0, 0.05) is 48.5 Å². The van der Waals surface area contributed by atoms with Crippen molar-refractivity contribution in [3.63, 3.8) is 0 Å². The molecule has 0 unspecified atom stereocenters. The predicted octanol–water partition coefficient (Wildman–Crippen LogP) is 3.62. The minimum absolute atomic E-state index is 0.0394. The number of carbonyl (C=O) groups excluding carboxylic acids is 1. The minimum atomic E-state index is -0.235. The molecule has 7 nitrogen and oxygen atoms in total. The van der Waals surface area contributed by atoms with Crippen LogP contribution in [0.2, 0.25) is 5.02 Å². The van der Waals surface area contributed by atoms with Crippen LogP contribution in [0.15, 0.2) is 54.9 Å². The van der Waals surface area contributed by atoms with Crippen LogP contribution in [0.25, 0.3) is 0 Å². The average molecular weight is 472 g/mol. The van der Waals surface area contributed by atoms with Crippen molar-refractivity contribution >= 4 is 17.5 Å². The number of nitrogens with zero attached hydrogens (tertiary/aromatic N) is 5. The zero-order valence-corrected chi connectivity index (χ0v) is 19.5. The standard InChI is InChI=1S/C24H27ClFN5O2/c1-17-13-31(18(2)12-29(17)14-19-3-6-22(26)7-4-19)24(32)16-33-23-8-5-21(25)11-20(23)15-30-10-9-27-28-30/h3-11,17-18H,12-16H2,1-2H3/t17-,18+/m0/s1. The van der Waals surface area contributed by atoms with Crippen LogP contribution in [-0.4, -0.2) is 62.5 Å². The zero-order valence-electron chi connectivity index (χ0n) is 18.7. The van der Waals surface area contributed by atoms with Gasteiger partial charge in [0.05, 0.1) is 12.7 Å². The highest BCUT2D eigenvalue weighted by Crippen LogP contribution is 2.24. The number of benzene rings is 2. The number of hydrogen-bond acceptors (Lipinski definition) is 5. The van der Waals surface area contributed by atoms with Gasteiger partial charge < -0.3 is 9.64 Å². The third-order valence-electron chi connectivity index (χ3n) is 5.91. The fourth-order valence-corrected chi connectivity index (χ4v) is 4.31. The van der Waals surface area contributed by atoms with Crippen LogP contribution in [0.5, 0.6) is 5.75 Å². The molecule has 2 heterocycles. The summed E-state index contributed by atoms with van der Waals surface area (Å²) in [5.74, 6) is 0.303. The Morgan fingerprint density at radius 1 is 1.12 bits per heavy atom. The van der Waals surface area contributed by atoms with Crippen LogP contribution < -0.4 is 4.74 Å². The van der Waals surface area contributed by atoms with E-state index in [0.29, 0.717) is 23.9 Å². The highest BCUT2D eigenvalue weighted by molar-refractivity contribution is 6.30. The molecule has 0 saturated carbocycles. The molecule has 9 heteroatoms. The largest absolute Gasteiger partial charge is 0.483 e. The van der Waals surface area contributed by atoms with Gasteiger partial charge in [-0.2, -0.15) is 0 Å². The Kier molecular flexibility index (Phi) is 7.25. The molecule has 33 heavy (non-hydrogen) atoms. The van der Waals surface area contributed by atoms with Crippen molar-refractivity contribution in [2.75, 3.05) is 19.7 Å². The number of amides is 1. The van der Waals surface area contributed by atoms with Crippen molar-refractivity contribution in [3.8, 4) is 5.75 Å². The lowest BCUT2D eigenvalue weighted by atomic mass is 10.1. The van der Waals surface area contributed by atoms with Crippen LogP contribution in [-0.2, 0) is 17.9 Å². The number of halogens is 2. The molecule has 1 saturated heterocycles. The van der Waals surface area contributed by atoms with Crippen LogP contribution in [0.3, 0.4) is 0 Å². The van der Waals surface area contributed by atoms with Gasteiger partial charge in [0.15, 0.2) is 6.61 Å². The maximum atomic E-state index is 13.2. The summed E-state index contributed by atoms with van der Waals surface area (Å²) in [5, 5.41) is 8.38. The Labute approximate surface area is 197 Å². The van der Waals surface area contributed by atoms with Gasteiger partial charge in [0.1, 0.15) is 11.6 Å². The van der Waals surface area contributed by atoms with Gasteiger partial charge in [-0.1, -0.05) is 28.9 Å². The van der Waals surface area contributed by atoms with Gasteiger partial charge in [0.2, 0.25) is 0 Å². The lowest BCUT2D eigenvalue weighted by molar-refractivity contribution is -0.139. The second-order valence-corrected chi connectivity index (χ2v) is 8.88. The SMILES string of the molecule is C[C@@H]1CN(Cc2ccc(F)cc2)[C@@H](C)CN1C(=O)COc1ccc(Cl)cc1Cn1ccnn1. The number of rotatable bonds is 7. The second kappa shape index (κ2) is 10.3. The van der Waals surface area contributed by atoms with E-state index in [1.54, 1.807) is 41.3 Å². The Hall–Kier alpha value is -2.97. The van der Waals surface area contributed by atoms with Crippen molar-refractivity contribution in [3.05, 3.63) is 76.8 Å². The first-order valence-electron chi connectivity index (χ1n) is 10.9. The second-order valence-electron chi connectivity index (χ2n) is 8.44. The fraction of sp³-hybridized carbons (Fsp3) is 0.375. The van der Waals surface area contributed by atoms with Gasteiger partial charge in [-0.25, -0.2) is 9.07 Å². The van der Waals surface area contributed by atoms with E-state index in [1.807, 2.05) is 17.9 Å². The van der Waals surface area contributed by atoms with Crippen molar-refractivity contribution in [2.45, 2.75) is 39.0 Å². The smallest absolute Gasteiger partial charge is 0.260 e. The van der Waals surface area contributed by atoms with E-state index in [9.17, 15) is 9.18 Å². The number of carbonyl (C=O) groups is 1. The van der Waals surface area contributed by atoms with E-state index >= 15 is 0 Å². The van der Waals surface area contributed by atoms with Crippen LogP contribution in [0.1, 0.15) is 25.0 Å². The maximum Gasteiger partial charge on any atom is 0.260 e. The van der Waals surface area contributed by atoms with E-state index in [-0.39, 0.29) is 30.4 Å². The molecule has 0 spiro atoms. The Balaban J connectivity index is 1.36. The molecular formula is C24H27ClFN5O2. The van der Waals surface area contributed by atoms with E-state index in [2.05, 4.69) is 22.1 Å². The normalized spacial score (nSPS) is 19.0. The molecule has 1 fully saturated rings. The van der Waals surface area contributed by atoms with Crippen LogP contribution >= 0.6 is 11.6 Å². The van der Waals surface area contributed by atoms with Crippen molar-refractivity contribution in [2.24, 2.45) is 0 Å². The molecule has 0 bridgehead atoms. The van der Waals surface area contributed by atoms with Crippen molar-refractivity contribution < 1.29 is 13.9 Å². The first kappa shape index (κ1) is 23.2. The number of hydrogen-bond donors (Lipinski definition) is 0. The molecule has 1 aliphatic rings. The molecule has 0 aliphatic carbocycles. The number of piperazine rings is 1. The Bertz CT molecular complexity index is 1080. The summed E-state index contributed by atoms with van der Waals surface area (Å²) < 4.78 is 20.8.